The van der Waals surface area contributed by atoms with Crippen LogP contribution in [0.1, 0.15) is 18.9 Å². The predicted molar refractivity (Wildman–Crippen MR) is 61.0 cm³/mol. The largest absolute Gasteiger partial charge is 0.416 e. The Balaban J connectivity index is 2.17. The third kappa shape index (κ3) is 2.91. The van der Waals surface area contributed by atoms with Gasteiger partial charge in [0.1, 0.15) is 0 Å². The van der Waals surface area contributed by atoms with Gasteiger partial charge in [-0.1, -0.05) is 6.07 Å². The van der Waals surface area contributed by atoms with Gasteiger partial charge in [0.05, 0.1) is 5.56 Å². The number of benzene rings is 1. The average molecular weight is 244 g/mol. The molecule has 1 aromatic rings. The summed E-state index contributed by atoms with van der Waals surface area (Å²) in [6.45, 7) is 3.67. The van der Waals surface area contributed by atoms with Crippen LogP contribution in [0.5, 0.6) is 0 Å². The van der Waals surface area contributed by atoms with Gasteiger partial charge in [-0.2, -0.15) is 13.2 Å². The second kappa shape index (κ2) is 4.22. The molecule has 0 aliphatic carbocycles. The monoisotopic (exact) mass is 244 g/mol. The molecule has 0 saturated carbocycles. The summed E-state index contributed by atoms with van der Waals surface area (Å²) in [7, 11) is 0. The highest BCUT2D eigenvalue weighted by Crippen LogP contribution is 2.31. The molecule has 17 heavy (non-hydrogen) atoms. The van der Waals surface area contributed by atoms with Crippen molar-refractivity contribution in [3.63, 3.8) is 0 Å². The van der Waals surface area contributed by atoms with Crippen molar-refractivity contribution in [2.24, 2.45) is 0 Å². The van der Waals surface area contributed by atoms with Gasteiger partial charge in [0.15, 0.2) is 0 Å². The highest BCUT2D eigenvalue weighted by atomic mass is 19.4. The molecule has 0 spiro atoms. The normalized spacial score (nSPS) is 24.9. The van der Waals surface area contributed by atoms with E-state index in [4.69, 9.17) is 0 Å². The van der Waals surface area contributed by atoms with Crippen LogP contribution in [0.15, 0.2) is 24.3 Å². The van der Waals surface area contributed by atoms with Crippen LogP contribution in [0.25, 0.3) is 0 Å². The molecule has 1 unspecified atom stereocenters. The van der Waals surface area contributed by atoms with Crippen LogP contribution in [0.2, 0.25) is 0 Å². The molecule has 0 bridgehead atoms. The van der Waals surface area contributed by atoms with Crippen LogP contribution in [0, 0.1) is 0 Å². The van der Waals surface area contributed by atoms with E-state index in [1.165, 1.54) is 6.07 Å². The van der Waals surface area contributed by atoms with E-state index in [0.29, 0.717) is 5.69 Å². The highest BCUT2D eigenvalue weighted by molar-refractivity contribution is 5.48. The molecule has 1 fully saturated rings. The van der Waals surface area contributed by atoms with Crippen LogP contribution in [-0.4, -0.2) is 18.6 Å². The Kier molecular flexibility index (Phi) is 3.03. The SMILES string of the molecule is CC1(Nc2cccc(C(F)(F)F)c2)CCNC1. The molecule has 1 aliphatic heterocycles. The Morgan fingerprint density at radius 3 is 2.71 bits per heavy atom. The Morgan fingerprint density at radius 2 is 2.12 bits per heavy atom. The Hall–Kier alpha value is -1.23. The van der Waals surface area contributed by atoms with Crippen LogP contribution >= 0.6 is 0 Å². The lowest BCUT2D eigenvalue weighted by atomic mass is 10.0. The smallest absolute Gasteiger partial charge is 0.379 e. The van der Waals surface area contributed by atoms with Gasteiger partial charge in [-0.15, -0.1) is 0 Å². The maximum atomic E-state index is 12.5. The topological polar surface area (TPSA) is 24.1 Å². The fourth-order valence-electron chi connectivity index (χ4n) is 2.05. The summed E-state index contributed by atoms with van der Waals surface area (Å²) in [5, 5.41) is 6.36. The van der Waals surface area contributed by atoms with E-state index in [2.05, 4.69) is 10.6 Å². The first-order valence-electron chi connectivity index (χ1n) is 5.55. The highest BCUT2D eigenvalue weighted by Gasteiger charge is 2.32. The Labute approximate surface area is 98.2 Å². The van der Waals surface area contributed by atoms with Gasteiger partial charge in [-0.05, 0) is 38.1 Å². The van der Waals surface area contributed by atoms with Gasteiger partial charge in [-0.25, -0.2) is 0 Å². The minimum atomic E-state index is -4.29. The van der Waals surface area contributed by atoms with Crippen molar-refractivity contribution in [3.05, 3.63) is 29.8 Å². The zero-order chi connectivity index (χ0) is 12.5. The minimum Gasteiger partial charge on any atom is -0.379 e. The number of hydrogen-bond acceptors (Lipinski definition) is 2. The number of rotatable bonds is 2. The Bertz CT molecular complexity index is 395. The molecule has 94 valence electrons. The molecule has 2 nitrogen and oxygen atoms in total. The third-order valence-corrected chi connectivity index (χ3v) is 3.00. The lowest BCUT2D eigenvalue weighted by molar-refractivity contribution is -0.137. The maximum absolute atomic E-state index is 12.5. The first kappa shape index (κ1) is 12.2. The van der Waals surface area contributed by atoms with Gasteiger partial charge < -0.3 is 10.6 Å². The van der Waals surface area contributed by atoms with E-state index in [9.17, 15) is 13.2 Å². The summed E-state index contributed by atoms with van der Waals surface area (Å²) in [4.78, 5) is 0. The number of nitrogens with one attached hydrogen (secondary N) is 2. The molecule has 1 saturated heterocycles. The van der Waals surface area contributed by atoms with Gasteiger partial charge >= 0.3 is 6.18 Å². The quantitative estimate of drug-likeness (QED) is 0.836. The van der Waals surface area contributed by atoms with Crippen molar-refractivity contribution in [1.29, 1.82) is 0 Å². The van der Waals surface area contributed by atoms with Crippen molar-refractivity contribution in [2.45, 2.75) is 25.1 Å². The molecule has 1 atom stereocenters. The fourth-order valence-corrected chi connectivity index (χ4v) is 2.05. The van der Waals surface area contributed by atoms with Gasteiger partial charge in [-0.3, -0.25) is 0 Å². The molecule has 0 radical (unpaired) electrons. The van der Waals surface area contributed by atoms with E-state index >= 15 is 0 Å². The van der Waals surface area contributed by atoms with Crippen molar-refractivity contribution in [3.8, 4) is 0 Å². The van der Waals surface area contributed by atoms with Crippen LogP contribution in [-0.2, 0) is 6.18 Å². The van der Waals surface area contributed by atoms with Crippen molar-refractivity contribution >= 4 is 5.69 Å². The molecule has 1 heterocycles. The molecule has 5 heteroatoms. The number of anilines is 1. The number of hydrogen-bond donors (Lipinski definition) is 2. The molecule has 0 amide bonds. The van der Waals surface area contributed by atoms with E-state index in [1.54, 1.807) is 6.07 Å². The zero-order valence-electron chi connectivity index (χ0n) is 9.56. The molecule has 1 aliphatic rings. The first-order chi connectivity index (χ1) is 7.89. The van der Waals surface area contributed by atoms with E-state index in [0.717, 1.165) is 31.6 Å². The molecular weight excluding hydrogens is 229 g/mol. The summed E-state index contributed by atoms with van der Waals surface area (Å²) >= 11 is 0. The number of alkyl halides is 3. The Morgan fingerprint density at radius 1 is 1.35 bits per heavy atom. The maximum Gasteiger partial charge on any atom is 0.416 e. The van der Waals surface area contributed by atoms with Crippen LogP contribution in [0.3, 0.4) is 0 Å². The molecular formula is C12H15F3N2. The number of halogens is 3. The molecule has 2 N–H and O–H groups in total. The summed E-state index contributed by atoms with van der Waals surface area (Å²) in [5.74, 6) is 0. The zero-order valence-corrected chi connectivity index (χ0v) is 9.56. The van der Waals surface area contributed by atoms with Gasteiger partial charge in [0.2, 0.25) is 0 Å². The lowest BCUT2D eigenvalue weighted by Crippen LogP contribution is -2.36. The van der Waals surface area contributed by atoms with Gasteiger partial charge in [0.25, 0.3) is 0 Å². The second-order valence-corrected chi connectivity index (χ2v) is 4.69. The summed E-state index contributed by atoms with van der Waals surface area (Å²) in [6, 6.07) is 5.33. The fraction of sp³-hybridized carbons (Fsp3) is 0.500. The predicted octanol–water partition coefficient (Wildman–Crippen LogP) is 2.87. The van der Waals surface area contributed by atoms with E-state index in [-0.39, 0.29) is 5.54 Å². The van der Waals surface area contributed by atoms with Crippen molar-refractivity contribution < 1.29 is 13.2 Å². The van der Waals surface area contributed by atoms with Crippen LogP contribution < -0.4 is 10.6 Å². The minimum absolute atomic E-state index is 0.162. The van der Waals surface area contributed by atoms with Crippen molar-refractivity contribution in [2.75, 3.05) is 18.4 Å². The second-order valence-electron chi connectivity index (χ2n) is 4.69. The average Bonchev–Trinajstić information content (AvgIpc) is 2.64. The third-order valence-electron chi connectivity index (χ3n) is 3.00. The molecule has 0 aromatic heterocycles. The van der Waals surface area contributed by atoms with E-state index in [1.807, 2.05) is 6.92 Å². The summed E-state index contributed by atoms with van der Waals surface area (Å²) in [5.41, 5.74) is -0.257. The lowest BCUT2D eigenvalue weighted by Gasteiger charge is -2.26. The summed E-state index contributed by atoms with van der Waals surface area (Å²) in [6.07, 6.45) is -3.38. The standard InChI is InChI=1S/C12H15F3N2/c1-11(5-6-16-8-11)17-10-4-2-3-9(7-10)12(13,14)15/h2-4,7,16-17H,5-6,8H2,1H3. The summed E-state index contributed by atoms with van der Waals surface area (Å²) < 4.78 is 37.6. The van der Waals surface area contributed by atoms with Crippen LogP contribution in [0.4, 0.5) is 18.9 Å². The molecule has 1 aromatic carbocycles. The van der Waals surface area contributed by atoms with Gasteiger partial charge in [0, 0.05) is 17.8 Å². The first-order valence-corrected chi connectivity index (χ1v) is 5.55. The van der Waals surface area contributed by atoms with E-state index < -0.39 is 11.7 Å². The van der Waals surface area contributed by atoms with Crippen molar-refractivity contribution in [1.82, 2.24) is 5.32 Å². The molecule has 2 rings (SSSR count).